The van der Waals surface area contributed by atoms with Crippen molar-refractivity contribution < 1.29 is 65.8 Å². The van der Waals surface area contributed by atoms with Gasteiger partial charge in [0.2, 0.25) is 0 Å². The quantitative estimate of drug-likeness (QED) is 0.492. The number of ketones is 2. The second kappa shape index (κ2) is 23.1. The van der Waals surface area contributed by atoms with Crippen LogP contribution in [0.1, 0.15) is 68.2 Å². The van der Waals surface area contributed by atoms with E-state index >= 15 is 0 Å². The van der Waals surface area contributed by atoms with E-state index in [4.69, 9.17) is 10.2 Å². The second-order valence-electron chi connectivity index (χ2n) is 5.97. The van der Waals surface area contributed by atoms with Gasteiger partial charge in [0, 0.05) is 12.2 Å². The van der Waals surface area contributed by atoms with Gasteiger partial charge in [-0.3, -0.25) is 9.59 Å². The van der Waals surface area contributed by atoms with Gasteiger partial charge in [-0.25, -0.2) is 0 Å². The number of hydrogen-bond donors (Lipinski definition) is 2. The van der Waals surface area contributed by atoms with E-state index in [9.17, 15) is 29.4 Å². The third-order valence-electron chi connectivity index (χ3n) is 2.37. The average Bonchev–Trinajstić information content (AvgIpc) is 2.37. The van der Waals surface area contributed by atoms with Gasteiger partial charge in [0.1, 0.15) is 11.6 Å². The number of aliphatic hydroxyl groups excluding tert-OH is 2. The molecule has 0 aromatic heterocycles. The van der Waals surface area contributed by atoms with E-state index in [0.29, 0.717) is 12.8 Å². The zero-order chi connectivity index (χ0) is 22.0. The zero-order valence-electron chi connectivity index (χ0n) is 17.6. The summed E-state index contributed by atoms with van der Waals surface area (Å²) in [5.41, 5.74) is 0. The minimum atomic E-state index is -1.27. The number of aliphatic hydroxyl groups is 2. The van der Waals surface area contributed by atoms with Crippen molar-refractivity contribution in [2.45, 2.75) is 80.4 Å². The van der Waals surface area contributed by atoms with Crippen molar-refractivity contribution in [2.75, 3.05) is 0 Å². The van der Waals surface area contributed by atoms with E-state index in [2.05, 4.69) is 0 Å². The Balaban J connectivity index is -0.0000000843. The molecule has 2 N–H and O–H groups in total. The van der Waals surface area contributed by atoms with E-state index in [-0.39, 0.29) is 50.0 Å². The van der Waals surface area contributed by atoms with Gasteiger partial charge in [0.15, 0.2) is 0 Å². The Morgan fingerprint density at radius 3 is 0.852 bits per heavy atom. The van der Waals surface area contributed by atoms with Crippen LogP contribution in [0, 0.1) is 11.8 Å². The Morgan fingerprint density at radius 1 is 0.704 bits per heavy atom. The van der Waals surface area contributed by atoms with Crippen molar-refractivity contribution >= 4 is 23.5 Å². The molecule has 0 aliphatic rings. The maximum Gasteiger partial charge on any atom is 2.00 e. The van der Waals surface area contributed by atoms with Crippen LogP contribution >= 0.6 is 0 Å². The largest absolute Gasteiger partial charge is 2.00 e. The molecule has 0 aliphatic heterocycles. The van der Waals surface area contributed by atoms with Gasteiger partial charge in [0.05, 0.1) is 23.8 Å². The van der Waals surface area contributed by atoms with Crippen molar-refractivity contribution in [3.8, 4) is 0 Å². The van der Waals surface area contributed by atoms with Crippen molar-refractivity contribution in [1.82, 2.24) is 0 Å². The topological polar surface area (TPSA) is 155 Å². The molecule has 2 unspecified atom stereocenters. The third kappa shape index (κ3) is 36.7. The molecule has 0 aliphatic carbocycles. The van der Waals surface area contributed by atoms with E-state index in [1.165, 1.54) is 13.8 Å². The maximum atomic E-state index is 10.4. The first-order valence-electron chi connectivity index (χ1n) is 8.44. The molecule has 0 rings (SSSR count). The van der Waals surface area contributed by atoms with Gasteiger partial charge >= 0.3 is 26.2 Å². The van der Waals surface area contributed by atoms with E-state index in [1.807, 2.05) is 0 Å². The average molecular weight is 470 g/mol. The van der Waals surface area contributed by atoms with E-state index in [0.717, 1.165) is 0 Å². The Morgan fingerprint density at radius 2 is 0.852 bits per heavy atom. The summed E-state index contributed by atoms with van der Waals surface area (Å²) < 4.78 is 0. The standard InChI is InChI=1S/2C6H10O3.2C3H8O.Zr/c2*1-3-5(4(2)7)6(8)9;2*1-3(2)4;/h2*5H,3H2,1-2H3,(H,8,9);2*3-4H,1-2H3;/q;;;;+2/p-2. The van der Waals surface area contributed by atoms with Crippen LogP contribution in [0.2, 0.25) is 0 Å². The maximum absolute atomic E-state index is 10.4. The molecule has 0 amide bonds. The van der Waals surface area contributed by atoms with Crippen LogP contribution in [0.4, 0.5) is 0 Å². The van der Waals surface area contributed by atoms with E-state index < -0.39 is 23.8 Å². The predicted molar refractivity (Wildman–Crippen MR) is 93.6 cm³/mol. The van der Waals surface area contributed by atoms with Crippen molar-refractivity contribution in [3.63, 3.8) is 0 Å². The molecule has 8 nitrogen and oxygen atoms in total. The summed E-state index contributed by atoms with van der Waals surface area (Å²) in [6, 6.07) is 0. The summed E-state index contributed by atoms with van der Waals surface area (Å²) in [7, 11) is 0. The third-order valence-corrected chi connectivity index (χ3v) is 2.37. The Kier molecular flexibility index (Phi) is 31.6. The number of Topliss-reactive ketones (excluding diaryl/α,β-unsaturated/α-hetero) is 2. The number of carboxylic acid groups (broad SMARTS) is 2. The molecule has 27 heavy (non-hydrogen) atoms. The van der Waals surface area contributed by atoms with Crippen LogP contribution < -0.4 is 10.2 Å². The number of aliphatic carboxylic acids is 2. The molecule has 9 heteroatoms. The summed E-state index contributed by atoms with van der Waals surface area (Å²) in [5, 5.41) is 36.2. The molecule has 0 radical (unpaired) electrons. The summed E-state index contributed by atoms with van der Waals surface area (Å²) in [6.45, 7) is 12.7. The molecule has 0 heterocycles. The molecule has 2 atom stereocenters. The molecular formula is C18H34O8Zr. The van der Waals surface area contributed by atoms with Crippen LogP contribution in [0.3, 0.4) is 0 Å². The minimum Gasteiger partial charge on any atom is -0.549 e. The molecule has 0 spiro atoms. The smallest absolute Gasteiger partial charge is 0.549 e. The second-order valence-corrected chi connectivity index (χ2v) is 5.97. The normalized spacial score (nSPS) is 11.1. The van der Waals surface area contributed by atoms with Crippen LogP contribution in [-0.4, -0.2) is 45.9 Å². The number of hydrogen-bond acceptors (Lipinski definition) is 8. The number of rotatable bonds is 6. The molecule has 0 aromatic carbocycles. The Labute approximate surface area is 181 Å². The van der Waals surface area contributed by atoms with Gasteiger partial charge in [-0.05, 0) is 54.4 Å². The molecule has 158 valence electrons. The van der Waals surface area contributed by atoms with Crippen molar-refractivity contribution in [3.05, 3.63) is 0 Å². The molecule has 0 aromatic rings. The fraction of sp³-hybridized carbons (Fsp3) is 0.778. The molecule has 0 saturated carbocycles. The van der Waals surface area contributed by atoms with Crippen molar-refractivity contribution in [1.29, 1.82) is 0 Å². The fourth-order valence-electron chi connectivity index (χ4n) is 1.24. The number of carbonyl (C=O) groups is 4. The first-order valence-corrected chi connectivity index (χ1v) is 8.44. The summed E-state index contributed by atoms with van der Waals surface area (Å²) in [6.07, 6.45) is 0.301. The first kappa shape index (κ1) is 36.9. The van der Waals surface area contributed by atoms with E-state index in [1.54, 1.807) is 41.5 Å². The Hall–Kier alpha value is -0.917. The fourth-order valence-corrected chi connectivity index (χ4v) is 1.24. The van der Waals surface area contributed by atoms with Crippen LogP contribution in [0.15, 0.2) is 0 Å². The van der Waals surface area contributed by atoms with Crippen molar-refractivity contribution in [2.24, 2.45) is 11.8 Å². The number of carbonyl (C=O) groups excluding carboxylic acids is 4. The monoisotopic (exact) mass is 468 g/mol. The Bertz CT molecular complexity index is 337. The van der Waals surface area contributed by atoms with Crippen LogP contribution in [-0.2, 0) is 45.4 Å². The molecular weight excluding hydrogens is 435 g/mol. The summed E-state index contributed by atoms with van der Waals surface area (Å²) in [4.78, 5) is 40.9. The minimum absolute atomic E-state index is 0. The molecule has 0 bridgehead atoms. The molecule has 0 fully saturated rings. The predicted octanol–water partition coefficient (Wildman–Crippen LogP) is -0.525. The zero-order valence-corrected chi connectivity index (χ0v) is 20.0. The van der Waals surface area contributed by atoms with Gasteiger partial charge in [-0.15, -0.1) is 0 Å². The first-order chi connectivity index (χ1) is 11.6. The van der Waals surface area contributed by atoms with Gasteiger partial charge < -0.3 is 30.0 Å². The summed E-state index contributed by atoms with van der Waals surface area (Å²) >= 11 is 0. The van der Waals surface area contributed by atoms with Crippen LogP contribution in [0.5, 0.6) is 0 Å². The van der Waals surface area contributed by atoms with Gasteiger partial charge in [-0.1, -0.05) is 13.8 Å². The SMILES string of the molecule is CC(C)O.CC(C)O.CCC(C(C)=O)C(=O)[O-].CCC(C(C)=O)C(=O)[O-].[Zr+2]. The van der Waals surface area contributed by atoms with Crippen LogP contribution in [0.25, 0.3) is 0 Å². The van der Waals surface area contributed by atoms with Gasteiger partial charge in [-0.2, -0.15) is 0 Å². The van der Waals surface area contributed by atoms with Gasteiger partial charge in [0.25, 0.3) is 0 Å². The summed E-state index contributed by atoms with van der Waals surface area (Å²) in [5.74, 6) is -5.04. The molecule has 0 saturated heterocycles. The number of carboxylic acids is 2.